The third-order valence-corrected chi connectivity index (χ3v) is 5.34. The molecular weight excluding hydrogens is 377 g/mol. The first-order valence-electron chi connectivity index (χ1n) is 7.66. The van der Waals surface area contributed by atoms with E-state index in [1.54, 1.807) is 36.4 Å². The third-order valence-electron chi connectivity index (χ3n) is 3.58. The van der Waals surface area contributed by atoms with Crippen molar-refractivity contribution in [3.05, 3.63) is 83.1 Å². The summed E-state index contributed by atoms with van der Waals surface area (Å²) in [6, 6.07) is 17.0. The standard InChI is InChI=1S/C19H15ClFNO3S/c1-13-11-15(21)8-10-19(13)26(23,24)22-17-12-14(20)7-9-18(17)25-16-5-3-2-4-6-16/h2-12,22H,1H3. The van der Waals surface area contributed by atoms with Crippen molar-refractivity contribution in [2.75, 3.05) is 4.72 Å². The van der Waals surface area contributed by atoms with Gasteiger partial charge in [0.05, 0.1) is 10.6 Å². The predicted octanol–water partition coefficient (Wildman–Crippen LogP) is 5.38. The van der Waals surface area contributed by atoms with Crippen LogP contribution in [0.5, 0.6) is 11.5 Å². The van der Waals surface area contributed by atoms with Gasteiger partial charge in [-0.25, -0.2) is 12.8 Å². The Labute approximate surface area is 156 Å². The zero-order chi connectivity index (χ0) is 18.7. The smallest absolute Gasteiger partial charge is 0.262 e. The molecule has 0 unspecified atom stereocenters. The first kappa shape index (κ1) is 18.2. The monoisotopic (exact) mass is 391 g/mol. The van der Waals surface area contributed by atoms with Crippen LogP contribution in [0.3, 0.4) is 0 Å². The SMILES string of the molecule is Cc1cc(F)ccc1S(=O)(=O)Nc1cc(Cl)ccc1Oc1ccccc1. The number of nitrogens with one attached hydrogen (secondary N) is 1. The molecule has 26 heavy (non-hydrogen) atoms. The van der Waals surface area contributed by atoms with Crippen molar-refractivity contribution in [2.24, 2.45) is 0 Å². The van der Waals surface area contributed by atoms with Gasteiger partial charge >= 0.3 is 0 Å². The zero-order valence-electron chi connectivity index (χ0n) is 13.7. The van der Waals surface area contributed by atoms with Gasteiger partial charge in [0.1, 0.15) is 11.6 Å². The van der Waals surface area contributed by atoms with E-state index < -0.39 is 15.8 Å². The third kappa shape index (κ3) is 4.15. The lowest BCUT2D eigenvalue weighted by atomic mass is 10.2. The summed E-state index contributed by atoms with van der Waals surface area (Å²) in [7, 11) is -3.95. The van der Waals surface area contributed by atoms with Crippen LogP contribution in [0.1, 0.15) is 5.56 Å². The van der Waals surface area contributed by atoms with Gasteiger partial charge in [0.25, 0.3) is 10.0 Å². The molecule has 0 fully saturated rings. The first-order chi connectivity index (χ1) is 12.3. The molecule has 134 valence electrons. The van der Waals surface area contributed by atoms with Gasteiger partial charge in [-0.3, -0.25) is 4.72 Å². The highest BCUT2D eigenvalue weighted by Crippen LogP contribution is 2.33. The summed E-state index contributed by atoms with van der Waals surface area (Å²) in [6.07, 6.45) is 0. The van der Waals surface area contributed by atoms with Crippen LogP contribution in [0.15, 0.2) is 71.6 Å². The highest BCUT2D eigenvalue weighted by molar-refractivity contribution is 7.92. The number of aryl methyl sites for hydroxylation is 1. The van der Waals surface area contributed by atoms with Gasteiger partial charge < -0.3 is 4.74 Å². The number of para-hydroxylation sites is 1. The van der Waals surface area contributed by atoms with Crippen molar-refractivity contribution in [1.29, 1.82) is 0 Å². The summed E-state index contributed by atoms with van der Waals surface area (Å²) in [5.41, 5.74) is 0.482. The number of anilines is 1. The molecule has 3 rings (SSSR count). The van der Waals surface area contributed by atoms with Crippen LogP contribution < -0.4 is 9.46 Å². The molecule has 4 nitrogen and oxygen atoms in total. The second-order valence-corrected chi connectivity index (χ2v) is 7.66. The minimum absolute atomic E-state index is 0.0236. The fourth-order valence-electron chi connectivity index (χ4n) is 2.40. The molecule has 0 aromatic heterocycles. The Kier molecular flexibility index (Phi) is 5.15. The van der Waals surface area contributed by atoms with E-state index in [0.717, 1.165) is 12.1 Å². The van der Waals surface area contributed by atoms with E-state index in [1.807, 2.05) is 6.07 Å². The summed E-state index contributed by atoms with van der Waals surface area (Å²) in [5.74, 6) is 0.342. The van der Waals surface area contributed by atoms with Gasteiger partial charge in [0, 0.05) is 5.02 Å². The molecule has 7 heteroatoms. The first-order valence-corrected chi connectivity index (χ1v) is 9.53. The van der Waals surface area contributed by atoms with E-state index in [-0.39, 0.29) is 10.6 Å². The normalized spacial score (nSPS) is 11.2. The molecular formula is C19H15ClFNO3S. The highest BCUT2D eigenvalue weighted by atomic mass is 35.5. The van der Waals surface area contributed by atoms with Crippen molar-refractivity contribution in [2.45, 2.75) is 11.8 Å². The van der Waals surface area contributed by atoms with Crippen LogP contribution in [0.2, 0.25) is 5.02 Å². The Balaban J connectivity index is 1.97. The molecule has 0 radical (unpaired) electrons. The fraction of sp³-hybridized carbons (Fsp3) is 0.0526. The minimum Gasteiger partial charge on any atom is -0.455 e. The van der Waals surface area contributed by atoms with Crippen molar-refractivity contribution >= 4 is 27.3 Å². The van der Waals surface area contributed by atoms with Gasteiger partial charge in [-0.1, -0.05) is 29.8 Å². The van der Waals surface area contributed by atoms with Crippen LogP contribution in [-0.4, -0.2) is 8.42 Å². The Hall–Kier alpha value is -2.57. The summed E-state index contributed by atoms with van der Waals surface area (Å²) in [6.45, 7) is 1.52. The van der Waals surface area contributed by atoms with Gasteiger partial charge in [-0.15, -0.1) is 0 Å². The lowest BCUT2D eigenvalue weighted by molar-refractivity contribution is 0.485. The van der Waals surface area contributed by atoms with Crippen molar-refractivity contribution in [3.63, 3.8) is 0 Å². The van der Waals surface area contributed by atoms with Gasteiger partial charge in [0.2, 0.25) is 0 Å². The van der Waals surface area contributed by atoms with Gasteiger partial charge in [0.15, 0.2) is 5.75 Å². The van der Waals surface area contributed by atoms with Gasteiger partial charge in [-0.2, -0.15) is 0 Å². The van der Waals surface area contributed by atoms with E-state index in [9.17, 15) is 12.8 Å². The van der Waals surface area contributed by atoms with Crippen LogP contribution in [-0.2, 0) is 10.0 Å². The topological polar surface area (TPSA) is 55.4 Å². The summed E-state index contributed by atoms with van der Waals surface area (Å²) in [4.78, 5) is -0.0236. The summed E-state index contributed by atoms with van der Waals surface area (Å²) in [5, 5.41) is 0.346. The van der Waals surface area contributed by atoms with E-state index in [2.05, 4.69) is 4.72 Å². The Morgan fingerprint density at radius 2 is 1.73 bits per heavy atom. The number of halogens is 2. The molecule has 0 spiro atoms. The maximum absolute atomic E-state index is 13.3. The average molecular weight is 392 g/mol. The number of hydrogen-bond acceptors (Lipinski definition) is 3. The predicted molar refractivity (Wildman–Crippen MR) is 99.9 cm³/mol. The largest absolute Gasteiger partial charge is 0.455 e. The van der Waals surface area contributed by atoms with Crippen LogP contribution in [0.25, 0.3) is 0 Å². The second-order valence-electron chi connectivity index (χ2n) is 5.57. The summed E-state index contributed by atoms with van der Waals surface area (Å²) < 4.78 is 46.9. The number of hydrogen-bond donors (Lipinski definition) is 1. The quantitative estimate of drug-likeness (QED) is 0.635. The molecule has 0 heterocycles. The van der Waals surface area contributed by atoms with Gasteiger partial charge in [-0.05, 0) is 61.0 Å². The van der Waals surface area contributed by atoms with E-state index in [4.69, 9.17) is 16.3 Å². The highest BCUT2D eigenvalue weighted by Gasteiger charge is 2.20. The molecule has 3 aromatic rings. The molecule has 1 N–H and O–H groups in total. The molecule has 0 atom stereocenters. The van der Waals surface area contributed by atoms with Crippen molar-refractivity contribution in [1.82, 2.24) is 0 Å². The van der Waals surface area contributed by atoms with Crippen molar-refractivity contribution < 1.29 is 17.5 Å². The zero-order valence-corrected chi connectivity index (χ0v) is 15.3. The lowest BCUT2D eigenvalue weighted by Gasteiger charge is -2.15. The Bertz CT molecular complexity index is 1040. The van der Waals surface area contributed by atoms with Crippen LogP contribution in [0.4, 0.5) is 10.1 Å². The molecule has 0 aliphatic heterocycles. The molecule has 0 saturated heterocycles. The molecule has 3 aromatic carbocycles. The Morgan fingerprint density at radius 3 is 2.42 bits per heavy atom. The number of sulfonamides is 1. The average Bonchev–Trinajstić information content (AvgIpc) is 2.57. The maximum Gasteiger partial charge on any atom is 0.262 e. The molecule has 0 aliphatic carbocycles. The van der Waals surface area contributed by atoms with E-state index in [0.29, 0.717) is 22.1 Å². The number of rotatable bonds is 5. The van der Waals surface area contributed by atoms with Crippen molar-refractivity contribution in [3.8, 4) is 11.5 Å². The lowest BCUT2D eigenvalue weighted by Crippen LogP contribution is -2.15. The fourth-order valence-corrected chi connectivity index (χ4v) is 3.86. The molecule has 0 aliphatic rings. The van der Waals surface area contributed by atoms with E-state index >= 15 is 0 Å². The number of ether oxygens (including phenoxy) is 1. The van der Waals surface area contributed by atoms with Crippen LogP contribution in [0, 0.1) is 12.7 Å². The second kappa shape index (κ2) is 7.35. The van der Waals surface area contributed by atoms with E-state index in [1.165, 1.54) is 19.1 Å². The molecule has 0 amide bonds. The Morgan fingerprint density at radius 1 is 1.00 bits per heavy atom. The summed E-state index contributed by atoms with van der Waals surface area (Å²) >= 11 is 6.01. The maximum atomic E-state index is 13.3. The molecule has 0 bridgehead atoms. The van der Waals surface area contributed by atoms with Crippen LogP contribution >= 0.6 is 11.6 Å². The number of benzene rings is 3. The molecule has 0 saturated carbocycles. The minimum atomic E-state index is -3.95.